The summed E-state index contributed by atoms with van der Waals surface area (Å²) in [5, 5.41) is 2.54. The number of carbonyl (C=O) groups excluding carboxylic acids is 2. The Morgan fingerprint density at radius 1 is 1.19 bits per heavy atom. The highest BCUT2D eigenvalue weighted by Crippen LogP contribution is 2.17. The van der Waals surface area contributed by atoms with E-state index < -0.39 is 17.8 Å². The Morgan fingerprint density at radius 3 is 2.46 bits per heavy atom. The number of ether oxygens (including phenoxy) is 1. The molecular weight excluding hydrogens is 403 g/mol. The second kappa shape index (κ2) is 9.33. The van der Waals surface area contributed by atoms with E-state index in [1.54, 1.807) is 13.0 Å². The van der Waals surface area contributed by atoms with E-state index >= 15 is 0 Å². The van der Waals surface area contributed by atoms with Crippen LogP contribution in [0.3, 0.4) is 0 Å². The molecule has 26 heavy (non-hydrogen) atoms. The highest BCUT2D eigenvalue weighted by Gasteiger charge is 2.26. The van der Waals surface area contributed by atoms with Crippen LogP contribution in [0.4, 0.5) is 4.39 Å². The number of halogens is 2. The molecule has 0 aliphatic rings. The fraction of sp³-hybridized carbons (Fsp3) is 0.263. The zero-order valence-corrected chi connectivity index (χ0v) is 16.1. The average molecular weight is 423 g/mol. The van der Waals surface area contributed by atoms with E-state index in [4.69, 9.17) is 4.74 Å². The fourth-order valence-corrected chi connectivity index (χ4v) is 2.63. The van der Waals surface area contributed by atoms with Crippen molar-refractivity contribution in [2.45, 2.75) is 19.5 Å². The lowest BCUT2D eigenvalue weighted by Crippen LogP contribution is -2.48. The highest BCUT2D eigenvalue weighted by molar-refractivity contribution is 9.10. The number of para-hydroxylation sites is 1. The summed E-state index contributed by atoms with van der Waals surface area (Å²) in [6.07, 6.45) is 0. The Kier molecular flexibility index (Phi) is 7.15. The van der Waals surface area contributed by atoms with E-state index in [9.17, 15) is 14.0 Å². The summed E-state index contributed by atoms with van der Waals surface area (Å²) in [5.41, 5.74) is 0.864. The van der Waals surface area contributed by atoms with Gasteiger partial charge in [-0.25, -0.2) is 4.39 Å². The lowest BCUT2D eigenvalue weighted by molar-refractivity contribution is -0.142. The molecule has 138 valence electrons. The zero-order chi connectivity index (χ0) is 19.1. The first-order valence-electron chi connectivity index (χ1n) is 8.05. The van der Waals surface area contributed by atoms with Gasteiger partial charge >= 0.3 is 0 Å². The number of likely N-dealkylation sites (N-methyl/N-ethyl adjacent to an activating group) is 1. The van der Waals surface area contributed by atoms with E-state index in [1.165, 1.54) is 30.1 Å². The van der Waals surface area contributed by atoms with Crippen LogP contribution in [0.1, 0.15) is 12.5 Å². The number of nitrogens with one attached hydrogen (secondary N) is 1. The molecule has 0 heterocycles. The molecule has 0 aliphatic carbocycles. The van der Waals surface area contributed by atoms with Crippen LogP contribution in [-0.4, -0.2) is 36.4 Å². The van der Waals surface area contributed by atoms with Crippen LogP contribution in [-0.2, 0) is 16.1 Å². The largest absolute Gasteiger partial charge is 0.481 e. The summed E-state index contributed by atoms with van der Waals surface area (Å²) in [7, 11) is 1.51. The Bertz CT molecular complexity index is 768. The van der Waals surface area contributed by atoms with Crippen LogP contribution in [0, 0.1) is 5.82 Å². The number of hydrogen-bond acceptors (Lipinski definition) is 3. The van der Waals surface area contributed by atoms with Gasteiger partial charge in [-0.1, -0.05) is 40.2 Å². The van der Waals surface area contributed by atoms with Gasteiger partial charge in [0.1, 0.15) is 6.04 Å². The van der Waals surface area contributed by atoms with E-state index in [0.29, 0.717) is 0 Å². The first-order valence-corrected chi connectivity index (χ1v) is 8.84. The third-order valence-corrected chi connectivity index (χ3v) is 4.40. The van der Waals surface area contributed by atoms with Crippen LogP contribution in [0.25, 0.3) is 0 Å². The molecule has 0 aliphatic heterocycles. The molecule has 5 nitrogen and oxygen atoms in total. The molecule has 0 saturated heterocycles. The SMILES string of the molecule is CNC(=O)[C@H](C)N(Cc1ccc(Br)cc1)C(=O)COc1ccccc1F. The van der Waals surface area contributed by atoms with Crippen molar-refractivity contribution in [1.29, 1.82) is 0 Å². The van der Waals surface area contributed by atoms with E-state index in [0.717, 1.165) is 10.0 Å². The van der Waals surface area contributed by atoms with Gasteiger partial charge in [0, 0.05) is 18.1 Å². The quantitative estimate of drug-likeness (QED) is 0.745. The minimum atomic E-state index is -0.694. The van der Waals surface area contributed by atoms with Crippen LogP contribution < -0.4 is 10.1 Å². The Balaban J connectivity index is 2.13. The third kappa shape index (κ3) is 5.29. The van der Waals surface area contributed by atoms with Crippen molar-refractivity contribution in [3.8, 4) is 5.75 Å². The van der Waals surface area contributed by atoms with Gasteiger partial charge in [0.25, 0.3) is 5.91 Å². The summed E-state index contributed by atoms with van der Waals surface area (Å²) in [6, 6.07) is 12.6. The number of nitrogens with zero attached hydrogens (tertiary/aromatic N) is 1. The van der Waals surface area contributed by atoms with Crippen molar-refractivity contribution in [3.05, 3.63) is 64.4 Å². The zero-order valence-electron chi connectivity index (χ0n) is 14.5. The molecular formula is C19H20BrFN2O3. The monoisotopic (exact) mass is 422 g/mol. The summed E-state index contributed by atoms with van der Waals surface area (Å²) >= 11 is 3.36. The summed E-state index contributed by atoms with van der Waals surface area (Å²) < 4.78 is 19.9. The van der Waals surface area contributed by atoms with Gasteiger partial charge in [0.2, 0.25) is 5.91 Å². The maximum Gasteiger partial charge on any atom is 0.261 e. The van der Waals surface area contributed by atoms with Crippen molar-refractivity contribution < 1.29 is 18.7 Å². The molecule has 7 heteroatoms. The van der Waals surface area contributed by atoms with Gasteiger partial charge in [-0.3, -0.25) is 9.59 Å². The summed E-state index contributed by atoms with van der Waals surface area (Å²) in [4.78, 5) is 26.1. The molecule has 0 saturated carbocycles. The minimum absolute atomic E-state index is 0.00274. The molecule has 0 fully saturated rings. The van der Waals surface area contributed by atoms with E-state index in [-0.39, 0.29) is 24.8 Å². The normalized spacial score (nSPS) is 11.5. The average Bonchev–Trinajstić information content (AvgIpc) is 2.65. The lowest BCUT2D eigenvalue weighted by Gasteiger charge is -2.28. The number of rotatable bonds is 7. The highest BCUT2D eigenvalue weighted by atomic mass is 79.9. The van der Waals surface area contributed by atoms with E-state index in [1.807, 2.05) is 24.3 Å². The molecule has 2 amide bonds. The van der Waals surface area contributed by atoms with Crippen molar-refractivity contribution >= 4 is 27.7 Å². The molecule has 0 unspecified atom stereocenters. The van der Waals surface area contributed by atoms with Gasteiger partial charge in [-0.15, -0.1) is 0 Å². The molecule has 1 atom stereocenters. The van der Waals surface area contributed by atoms with Crippen molar-refractivity contribution in [2.24, 2.45) is 0 Å². The standard InChI is InChI=1S/C19H20BrFN2O3/c1-13(19(25)22-2)23(11-14-7-9-15(20)10-8-14)18(24)12-26-17-6-4-3-5-16(17)21/h3-10,13H,11-12H2,1-2H3,(H,22,25)/t13-/m0/s1. The van der Waals surface area contributed by atoms with Gasteiger partial charge < -0.3 is 15.0 Å². The second-order valence-corrected chi connectivity index (χ2v) is 6.57. The topological polar surface area (TPSA) is 58.6 Å². The molecule has 1 N–H and O–H groups in total. The van der Waals surface area contributed by atoms with Crippen LogP contribution in [0.15, 0.2) is 53.0 Å². The number of hydrogen-bond donors (Lipinski definition) is 1. The Hall–Kier alpha value is -2.41. The molecule has 0 radical (unpaired) electrons. The van der Waals surface area contributed by atoms with Crippen LogP contribution in [0.2, 0.25) is 0 Å². The number of benzene rings is 2. The number of carbonyl (C=O) groups is 2. The van der Waals surface area contributed by atoms with Crippen molar-refractivity contribution in [2.75, 3.05) is 13.7 Å². The molecule has 0 spiro atoms. The minimum Gasteiger partial charge on any atom is -0.481 e. The summed E-state index contributed by atoms with van der Waals surface area (Å²) in [6.45, 7) is 1.51. The number of amides is 2. The van der Waals surface area contributed by atoms with Crippen molar-refractivity contribution in [3.63, 3.8) is 0 Å². The predicted molar refractivity (Wildman–Crippen MR) is 100 cm³/mol. The van der Waals surface area contributed by atoms with Crippen molar-refractivity contribution in [1.82, 2.24) is 10.2 Å². The lowest BCUT2D eigenvalue weighted by atomic mass is 10.1. The maximum atomic E-state index is 13.6. The van der Waals surface area contributed by atoms with Gasteiger partial charge in [0.05, 0.1) is 0 Å². The smallest absolute Gasteiger partial charge is 0.261 e. The first-order chi connectivity index (χ1) is 12.4. The Labute approximate surface area is 160 Å². The molecule has 0 aromatic heterocycles. The van der Waals surface area contributed by atoms with Gasteiger partial charge in [-0.05, 0) is 36.8 Å². The summed E-state index contributed by atoms with van der Waals surface area (Å²) in [5.74, 6) is -1.25. The fourth-order valence-electron chi connectivity index (χ4n) is 2.36. The Morgan fingerprint density at radius 2 is 1.85 bits per heavy atom. The van der Waals surface area contributed by atoms with Crippen LogP contribution in [0.5, 0.6) is 5.75 Å². The van der Waals surface area contributed by atoms with Crippen LogP contribution >= 0.6 is 15.9 Å². The van der Waals surface area contributed by atoms with Gasteiger partial charge in [-0.2, -0.15) is 0 Å². The molecule has 2 aromatic carbocycles. The third-order valence-electron chi connectivity index (χ3n) is 3.87. The van der Waals surface area contributed by atoms with Gasteiger partial charge in [0.15, 0.2) is 18.2 Å². The predicted octanol–water partition coefficient (Wildman–Crippen LogP) is 3.13. The van der Waals surface area contributed by atoms with E-state index in [2.05, 4.69) is 21.2 Å². The molecule has 0 bridgehead atoms. The maximum absolute atomic E-state index is 13.6. The first kappa shape index (κ1) is 19.9. The molecule has 2 aromatic rings. The second-order valence-electron chi connectivity index (χ2n) is 5.66. The molecule has 2 rings (SSSR count).